The highest BCUT2D eigenvalue weighted by Crippen LogP contribution is 2.26. The van der Waals surface area contributed by atoms with Crippen LogP contribution >= 0.6 is 0 Å². The van der Waals surface area contributed by atoms with Crippen LogP contribution in [0.3, 0.4) is 0 Å². The number of aliphatic carboxylic acids is 1. The summed E-state index contributed by atoms with van der Waals surface area (Å²) >= 11 is 0. The minimum Gasteiger partial charge on any atom is -0.480 e. The number of fused-ring (bicyclic) bond motifs is 2. The number of carbonyl (C=O) groups is 3. The largest absolute Gasteiger partial charge is 0.480 e. The van der Waals surface area contributed by atoms with E-state index in [0.717, 1.165) is 22.4 Å². The third-order valence-corrected chi connectivity index (χ3v) is 5.13. The molecule has 0 spiro atoms. The number of carboxylic acid groups (broad SMARTS) is 1. The van der Waals surface area contributed by atoms with Crippen LogP contribution in [-0.4, -0.2) is 49.2 Å². The molecule has 0 bridgehead atoms. The number of rotatable bonds is 12. The van der Waals surface area contributed by atoms with Gasteiger partial charge in [-0.25, -0.2) is 4.79 Å². The van der Waals surface area contributed by atoms with Crippen molar-refractivity contribution in [2.75, 3.05) is 31.3 Å². The number of ether oxygens (including phenoxy) is 2. The second kappa shape index (κ2) is 12.5. The Bertz CT molecular complexity index is 1050. The Balaban J connectivity index is 1.48. The normalized spacial score (nSPS) is 11.9. The Morgan fingerprint density at radius 3 is 2.36 bits per heavy atom. The van der Waals surface area contributed by atoms with Gasteiger partial charge in [0.2, 0.25) is 5.91 Å². The van der Waals surface area contributed by atoms with Gasteiger partial charge in [0, 0.05) is 37.0 Å². The Kier molecular flexibility index (Phi) is 9.19. The molecule has 3 rings (SSSR count). The molecule has 0 aromatic heterocycles. The van der Waals surface area contributed by atoms with E-state index >= 15 is 0 Å². The molecule has 1 aliphatic heterocycles. The maximum atomic E-state index is 13.1. The molecule has 1 aliphatic rings. The van der Waals surface area contributed by atoms with Crippen molar-refractivity contribution in [3.8, 4) is 11.8 Å². The quantitative estimate of drug-likeness (QED) is 0.395. The lowest BCUT2D eigenvalue weighted by Gasteiger charge is -2.26. The number of amides is 1. The van der Waals surface area contributed by atoms with Crippen molar-refractivity contribution >= 4 is 23.3 Å². The summed E-state index contributed by atoms with van der Waals surface area (Å²) < 4.78 is 10.2. The fourth-order valence-corrected chi connectivity index (χ4v) is 3.46. The van der Waals surface area contributed by atoms with Gasteiger partial charge < -0.3 is 19.5 Å². The molecule has 2 aromatic carbocycles. The van der Waals surface area contributed by atoms with Gasteiger partial charge in [0.15, 0.2) is 0 Å². The summed E-state index contributed by atoms with van der Waals surface area (Å²) in [5, 5.41) is 8.47. The molecule has 0 saturated heterocycles. The lowest BCUT2D eigenvalue weighted by Crippen LogP contribution is -2.32. The van der Waals surface area contributed by atoms with Crippen LogP contribution in [0, 0.1) is 11.8 Å². The van der Waals surface area contributed by atoms with Crippen molar-refractivity contribution in [3.05, 3.63) is 65.2 Å². The second-order valence-electron chi connectivity index (χ2n) is 7.61. The van der Waals surface area contributed by atoms with E-state index in [1.165, 1.54) is 0 Å². The van der Waals surface area contributed by atoms with Crippen molar-refractivity contribution in [1.82, 2.24) is 0 Å². The summed E-state index contributed by atoms with van der Waals surface area (Å²) in [7, 11) is 0. The highest BCUT2D eigenvalue weighted by molar-refractivity contribution is 5.97. The molecule has 7 heteroatoms. The Morgan fingerprint density at radius 1 is 0.848 bits per heavy atom. The maximum Gasteiger partial charge on any atom is 0.329 e. The van der Waals surface area contributed by atoms with Gasteiger partial charge in [-0.3, -0.25) is 9.59 Å². The van der Waals surface area contributed by atoms with Gasteiger partial charge in [0.25, 0.3) is 0 Å². The molecular weight excluding hydrogens is 422 g/mol. The van der Waals surface area contributed by atoms with Crippen LogP contribution in [0.1, 0.15) is 42.4 Å². The van der Waals surface area contributed by atoms with Gasteiger partial charge in [-0.15, -0.1) is 0 Å². The number of anilines is 1. The Labute approximate surface area is 193 Å². The molecule has 0 saturated carbocycles. The summed E-state index contributed by atoms with van der Waals surface area (Å²) in [5.41, 5.74) is 3.42. The zero-order chi connectivity index (χ0) is 23.5. The number of carbonyl (C=O) groups excluding carboxylic acids is 2. The fraction of sp³-hybridized carbons (Fsp3) is 0.346. The first kappa shape index (κ1) is 24.2. The van der Waals surface area contributed by atoms with Gasteiger partial charge in [-0.1, -0.05) is 42.2 Å². The molecule has 1 heterocycles. The summed E-state index contributed by atoms with van der Waals surface area (Å²) in [5.74, 6) is 5.24. The highest BCUT2D eigenvalue weighted by atomic mass is 16.5. The summed E-state index contributed by atoms with van der Waals surface area (Å²) in [6.45, 7) is 0.908. The first-order chi connectivity index (χ1) is 16.0. The molecule has 7 nitrogen and oxygen atoms in total. The van der Waals surface area contributed by atoms with E-state index in [4.69, 9.17) is 14.6 Å². The van der Waals surface area contributed by atoms with Crippen molar-refractivity contribution in [2.24, 2.45) is 0 Å². The summed E-state index contributed by atoms with van der Waals surface area (Å²) in [6, 6.07) is 15.3. The molecule has 0 fully saturated rings. The smallest absolute Gasteiger partial charge is 0.329 e. The van der Waals surface area contributed by atoms with Crippen LogP contribution in [0.2, 0.25) is 0 Å². The van der Waals surface area contributed by atoms with Crippen LogP contribution in [0.25, 0.3) is 0 Å². The Morgan fingerprint density at radius 2 is 1.55 bits per heavy atom. The molecule has 0 radical (unpaired) electrons. The Hall–Kier alpha value is -3.47. The van der Waals surface area contributed by atoms with Crippen molar-refractivity contribution < 1.29 is 29.0 Å². The minimum absolute atomic E-state index is 0.00889. The molecule has 2 aromatic rings. The zero-order valence-electron chi connectivity index (χ0n) is 18.4. The van der Waals surface area contributed by atoms with E-state index in [-0.39, 0.29) is 44.4 Å². The van der Waals surface area contributed by atoms with Crippen LogP contribution in [0.15, 0.2) is 48.5 Å². The highest BCUT2D eigenvalue weighted by Gasteiger charge is 2.21. The molecule has 0 atom stereocenters. The van der Waals surface area contributed by atoms with Crippen molar-refractivity contribution in [1.29, 1.82) is 0 Å². The minimum atomic E-state index is -1.02. The van der Waals surface area contributed by atoms with Crippen LogP contribution < -0.4 is 4.90 Å². The first-order valence-corrected chi connectivity index (χ1v) is 10.9. The molecule has 33 heavy (non-hydrogen) atoms. The SMILES string of the molecule is O=C(O)COCCOCCCC(=O)CCC(=O)N1Cc2ccccc2C#Cc2ccccc21. The molecule has 0 aliphatic carbocycles. The molecule has 1 amide bonds. The van der Waals surface area contributed by atoms with Gasteiger partial charge >= 0.3 is 5.97 Å². The lowest BCUT2D eigenvalue weighted by molar-refractivity contribution is -0.142. The topological polar surface area (TPSA) is 93.1 Å². The lowest BCUT2D eigenvalue weighted by atomic mass is 10.0. The monoisotopic (exact) mass is 449 g/mol. The predicted octanol–water partition coefficient (Wildman–Crippen LogP) is 3.18. The van der Waals surface area contributed by atoms with Crippen LogP contribution in [0.5, 0.6) is 0 Å². The number of nitrogens with zero attached hydrogens (tertiary/aromatic N) is 1. The van der Waals surface area contributed by atoms with Crippen LogP contribution in [0.4, 0.5) is 5.69 Å². The molecule has 172 valence electrons. The standard InChI is InChI=1S/C26H27NO6/c28-23(9-5-15-32-16-17-33-19-26(30)31)13-14-25(29)27-18-22-8-2-1-6-20(22)11-12-21-7-3-4-10-24(21)27/h1-4,6-8,10H,5,9,13-19H2,(H,30,31). The first-order valence-electron chi connectivity index (χ1n) is 10.9. The van der Waals surface area contributed by atoms with Gasteiger partial charge in [-0.05, 0) is 30.2 Å². The van der Waals surface area contributed by atoms with Gasteiger partial charge in [0.1, 0.15) is 12.4 Å². The number of ketones is 1. The summed E-state index contributed by atoms with van der Waals surface area (Å²) in [6.07, 6.45) is 1.18. The average Bonchev–Trinajstić information content (AvgIpc) is 2.80. The molecule has 1 N–H and O–H groups in total. The van der Waals surface area contributed by atoms with E-state index in [0.29, 0.717) is 26.0 Å². The zero-order valence-corrected chi connectivity index (χ0v) is 18.4. The van der Waals surface area contributed by atoms with Crippen molar-refractivity contribution in [2.45, 2.75) is 32.2 Å². The van der Waals surface area contributed by atoms with Gasteiger partial charge in [-0.2, -0.15) is 0 Å². The number of para-hydroxylation sites is 1. The number of carboxylic acids is 1. The van der Waals surface area contributed by atoms with Crippen LogP contribution in [-0.2, 0) is 30.4 Å². The number of hydrogen-bond acceptors (Lipinski definition) is 5. The van der Waals surface area contributed by atoms with E-state index < -0.39 is 5.97 Å². The predicted molar refractivity (Wildman–Crippen MR) is 123 cm³/mol. The van der Waals surface area contributed by atoms with E-state index in [1.54, 1.807) is 4.90 Å². The van der Waals surface area contributed by atoms with E-state index in [2.05, 4.69) is 11.8 Å². The number of hydrogen-bond donors (Lipinski definition) is 1. The average molecular weight is 450 g/mol. The van der Waals surface area contributed by atoms with Gasteiger partial charge in [0.05, 0.1) is 25.4 Å². The number of benzene rings is 2. The number of Topliss-reactive ketones (excluding diaryl/α,β-unsaturated/α-hetero) is 1. The van der Waals surface area contributed by atoms with E-state index in [1.807, 2.05) is 48.5 Å². The fourth-order valence-electron chi connectivity index (χ4n) is 3.46. The molecule has 0 unspecified atom stereocenters. The maximum absolute atomic E-state index is 13.1. The third kappa shape index (κ3) is 7.56. The van der Waals surface area contributed by atoms with Crippen molar-refractivity contribution in [3.63, 3.8) is 0 Å². The third-order valence-electron chi connectivity index (χ3n) is 5.13. The van der Waals surface area contributed by atoms with E-state index in [9.17, 15) is 14.4 Å². The second-order valence-corrected chi connectivity index (χ2v) is 7.61. The summed E-state index contributed by atoms with van der Waals surface area (Å²) in [4.78, 5) is 37.4. The molecular formula is C26H27NO6.